The summed E-state index contributed by atoms with van der Waals surface area (Å²) in [5.74, 6) is 0. The van der Waals surface area contributed by atoms with Gasteiger partial charge in [0.05, 0.1) is 0 Å². The maximum absolute atomic E-state index is 5.91. The first-order valence-electron chi connectivity index (χ1n) is 5.86. The van der Waals surface area contributed by atoms with E-state index in [0.29, 0.717) is 6.04 Å². The van der Waals surface area contributed by atoms with E-state index in [9.17, 15) is 0 Å². The van der Waals surface area contributed by atoms with Gasteiger partial charge in [-0.25, -0.2) is 0 Å². The minimum absolute atomic E-state index is 0.461. The van der Waals surface area contributed by atoms with Crippen molar-refractivity contribution in [1.82, 2.24) is 9.80 Å². The van der Waals surface area contributed by atoms with E-state index in [2.05, 4.69) is 23.8 Å². The van der Waals surface area contributed by atoms with Crippen molar-refractivity contribution in [1.29, 1.82) is 0 Å². The van der Waals surface area contributed by atoms with Gasteiger partial charge in [0.25, 0.3) is 0 Å². The predicted octanol–water partition coefficient (Wildman–Crippen LogP) is 0.502. The number of hydrogen-bond acceptors (Lipinski definition) is 3. The summed E-state index contributed by atoms with van der Waals surface area (Å²) in [6.07, 6.45) is 3.72. The second-order valence-electron chi connectivity index (χ2n) is 5.05. The van der Waals surface area contributed by atoms with E-state index in [0.717, 1.165) is 12.1 Å². The van der Waals surface area contributed by atoms with Crippen LogP contribution < -0.4 is 5.73 Å². The fourth-order valence-corrected chi connectivity index (χ4v) is 2.71. The van der Waals surface area contributed by atoms with Crippen molar-refractivity contribution in [3.63, 3.8) is 0 Å². The molecule has 0 saturated carbocycles. The molecule has 2 heterocycles. The van der Waals surface area contributed by atoms with E-state index < -0.39 is 0 Å². The maximum Gasteiger partial charge on any atom is 0.0237 e. The summed E-state index contributed by atoms with van der Waals surface area (Å²) >= 11 is 0. The SMILES string of the molecule is CC1CC(N2CCC(N)CC2)CN1C. The number of piperidine rings is 1. The third-order valence-corrected chi connectivity index (χ3v) is 3.95. The van der Waals surface area contributed by atoms with E-state index in [4.69, 9.17) is 5.73 Å². The molecule has 2 aliphatic heterocycles. The molecule has 0 bridgehead atoms. The first kappa shape index (κ1) is 10.4. The summed E-state index contributed by atoms with van der Waals surface area (Å²) in [4.78, 5) is 5.11. The van der Waals surface area contributed by atoms with E-state index in [1.54, 1.807) is 0 Å². The van der Waals surface area contributed by atoms with Crippen LogP contribution in [0.2, 0.25) is 0 Å². The molecule has 0 aromatic carbocycles. The predicted molar refractivity (Wildman–Crippen MR) is 59.3 cm³/mol. The largest absolute Gasteiger partial charge is 0.328 e. The highest BCUT2D eigenvalue weighted by atomic mass is 15.3. The molecular formula is C11H23N3. The minimum atomic E-state index is 0.461. The molecular weight excluding hydrogens is 174 g/mol. The third kappa shape index (κ3) is 2.10. The van der Waals surface area contributed by atoms with Gasteiger partial charge < -0.3 is 10.6 Å². The van der Waals surface area contributed by atoms with Crippen LogP contribution >= 0.6 is 0 Å². The molecule has 2 rings (SSSR count). The van der Waals surface area contributed by atoms with E-state index >= 15 is 0 Å². The summed E-state index contributed by atoms with van der Waals surface area (Å²) in [7, 11) is 2.24. The van der Waals surface area contributed by atoms with Crippen molar-refractivity contribution < 1.29 is 0 Å². The van der Waals surface area contributed by atoms with Crippen molar-refractivity contribution in [3.05, 3.63) is 0 Å². The molecule has 3 heteroatoms. The monoisotopic (exact) mass is 197 g/mol. The van der Waals surface area contributed by atoms with Crippen LogP contribution in [-0.2, 0) is 0 Å². The quantitative estimate of drug-likeness (QED) is 0.664. The zero-order valence-corrected chi connectivity index (χ0v) is 9.45. The molecule has 0 aliphatic carbocycles. The number of nitrogens with two attached hydrogens (primary N) is 1. The van der Waals surface area contributed by atoms with E-state index in [-0.39, 0.29) is 0 Å². The number of nitrogens with zero attached hydrogens (tertiary/aromatic N) is 2. The van der Waals surface area contributed by atoms with E-state index in [1.165, 1.54) is 38.9 Å². The van der Waals surface area contributed by atoms with Crippen molar-refractivity contribution in [2.75, 3.05) is 26.7 Å². The highest BCUT2D eigenvalue weighted by Gasteiger charge is 2.31. The zero-order chi connectivity index (χ0) is 10.1. The Morgan fingerprint density at radius 1 is 1.21 bits per heavy atom. The van der Waals surface area contributed by atoms with Crippen LogP contribution in [-0.4, -0.2) is 54.6 Å². The Hall–Kier alpha value is -0.120. The van der Waals surface area contributed by atoms with Gasteiger partial charge in [-0.3, -0.25) is 4.90 Å². The lowest BCUT2D eigenvalue weighted by Gasteiger charge is -2.34. The Labute approximate surface area is 87.2 Å². The van der Waals surface area contributed by atoms with Gasteiger partial charge in [0, 0.05) is 24.7 Å². The maximum atomic E-state index is 5.91. The molecule has 0 aromatic heterocycles. The van der Waals surface area contributed by atoms with Crippen LogP contribution in [0.3, 0.4) is 0 Å². The first-order valence-corrected chi connectivity index (χ1v) is 5.86. The molecule has 2 atom stereocenters. The Morgan fingerprint density at radius 3 is 2.36 bits per heavy atom. The normalized spacial score (nSPS) is 37.9. The van der Waals surface area contributed by atoms with Gasteiger partial charge in [0.1, 0.15) is 0 Å². The molecule has 0 aromatic rings. The molecule has 2 fully saturated rings. The fraction of sp³-hybridized carbons (Fsp3) is 1.00. The Balaban J connectivity index is 1.85. The molecule has 14 heavy (non-hydrogen) atoms. The molecule has 2 N–H and O–H groups in total. The zero-order valence-electron chi connectivity index (χ0n) is 9.45. The lowest BCUT2D eigenvalue weighted by Crippen LogP contribution is -2.45. The molecule has 0 amide bonds. The minimum Gasteiger partial charge on any atom is -0.328 e. The second kappa shape index (κ2) is 4.17. The van der Waals surface area contributed by atoms with Gasteiger partial charge in [0.15, 0.2) is 0 Å². The molecule has 82 valence electrons. The summed E-state index contributed by atoms with van der Waals surface area (Å²) in [6, 6.07) is 2.01. The van der Waals surface area contributed by atoms with Gasteiger partial charge in [-0.1, -0.05) is 0 Å². The van der Waals surface area contributed by atoms with E-state index in [1.807, 2.05) is 0 Å². The number of rotatable bonds is 1. The molecule has 0 radical (unpaired) electrons. The summed E-state index contributed by atoms with van der Waals surface area (Å²) < 4.78 is 0. The molecule has 2 unspecified atom stereocenters. The molecule has 0 spiro atoms. The van der Waals surface area contributed by atoms with Gasteiger partial charge in [0.2, 0.25) is 0 Å². The van der Waals surface area contributed by atoms with Crippen LogP contribution in [0.15, 0.2) is 0 Å². The molecule has 3 nitrogen and oxygen atoms in total. The highest BCUT2D eigenvalue weighted by molar-refractivity contribution is 4.89. The number of likely N-dealkylation sites (tertiary alicyclic amines) is 2. The van der Waals surface area contributed by atoms with Crippen molar-refractivity contribution in [3.8, 4) is 0 Å². The number of likely N-dealkylation sites (N-methyl/N-ethyl adjacent to an activating group) is 1. The highest BCUT2D eigenvalue weighted by Crippen LogP contribution is 2.22. The summed E-state index contributed by atoms with van der Waals surface area (Å²) in [6.45, 7) is 6.00. The van der Waals surface area contributed by atoms with Crippen molar-refractivity contribution >= 4 is 0 Å². The van der Waals surface area contributed by atoms with Crippen LogP contribution in [0, 0.1) is 0 Å². The number of hydrogen-bond donors (Lipinski definition) is 1. The third-order valence-electron chi connectivity index (χ3n) is 3.95. The summed E-state index contributed by atoms with van der Waals surface area (Å²) in [5, 5.41) is 0. The standard InChI is InChI=1S/C11H23N3/c1-9-7-11(8-13(9)2)14-5-3-10(12)4-6-14/h9-11H,3-8,12H2,1-2H3. The molecule has 2 aliphatic rings. The van der Waals surface area contributed by atoms with Crippen molar-refractivity contribution in [2.24, 2.45) is 5.73 Å². The van der Waals surface area contributed by atoms with Gasteiger partial charge >= 0.3 is 0 Å². The second-order valence-corrected chi connectivity index (χ2v) is 5.05. The van der Waals surface area contributed by atoms with Gasteiger partial charge in [-0.2, -0.15) is 0 Å². The fourth-order valence-electron chi connectivity index (χ4n) is 2.71. The lowest BCUT2D eigenvalue weighted by molar-refractivity contribution is 0.155. The van der Waals surface area contributed by atoms with Crippen LogP contribution in [0.1, 0.15) is 26.2 Å². The average molecular weight is 197 g/mol. The Kier molecular flexibility index (Phi) is 3.10. The Bertz CT molecular complexity index is 177. The summed E-state index contributed by atoms with van der Waals surface area (Å²) in [5.41, 5.74) is 5.91. The smallest absolute Gasteiger partial charge is 0.0237 e. The lowest BCUT2D eigenvalue weighted by atomic mass is 10.0. The Morgan fingerprint density at radius 2 is 1.86 bits per heavy atom. The van der Waals surface area contributed by atoms with Crippen LogP contribution in [0.25, 0.3) is 0 Å². The van der Waals surface area contributed by atoms with Gasteiger partial charge in [-0.05, 0) is 46.3 Å². The van der Waals surface area contributed by atoms with Crippen LogP contribution in [0.4, 0.5) is 0 Å². The first-order chi connectivity index (χ1) is 6.66. The average Bonchev–Trinajstić information content (AvgIpc) is 2.48. The van der Waals surface area contributed by atoms with Gasteiger partial charge in [-0.15, -0.1) is 0 Å². The van der Waals surface area contributed by atoms with Crippen molar-refractivity contribution in [2.45, 2.75) is 44.3 Å². The topological polar surface area (TPSA) is 32.5 Å². The van der Waals surface area contributed by atoms with Crippen LogP contribution in [0.5, 0.6) is 0 Å². The molecule has 2 saturated heterocycles.